The molecule has 2 heterocycles. The summed E-state index contributed by atoms with van der Waals surface area (Å²) in [6.07, 6.45) is 3.51. The largest absolute Gasteiger partial charge is 0.497 e. The first-order valence-electron chi connectivity index (χ1n) is 10.7. The molecule has 1 aromatic heterocycles. The number of carboxylic acid groups (broad SMARTS) is 1. The highest BCUT2D eigenvalue weighted by molar-refractivity contribution is 6.06. The monoisotopic (exact) mass is 459 g/mol. The number of hydrogen-bond acceptors (Lipinski definition) is 7. The van der Waals surface area contributed by atoms with Gasteiger partial charge in [-0.25, -0.2) is 14.2 Å². The number of carbonyl (C=O) groups excluding carboxylic acids is 1. The van der Waals surface area contributed by atoms with Gasteiger partial charge in [0.1, 0.15) is 11.6 Å². The lowest BCUT2D eigenvalue weighted by Gasteiger charge is -2.42. The van der Waals surface area contributed by atoms with Gasteiger partial charge in [0.05, 0.1) is 32.4 Å². The van der Waals surface area contributed by atoms with E-state index >= 15 is 4.39 Å². The van der Waals surface area contributed by atoms with Crippen LogP contribution in [0.1, 0.15) is 31.2 Å². The summed E-state index contributed by atoms with van der Waals surface area (Å²) in [4.78, 5) is 36.8. The maximum absolute atomic E-state index is 15.3. The van der Waals surface area contributed by atoms with Crippen LogP contribution in [0.3, 0.4) is 0 Å². The van der Waals surface area contributed by atoms with Crippen molar-refractivity contribution in [1.82, 2.24) is 9.97 Å². The van der Waals surface area contributed by atoms with Crippen molar-refractivity contribution in [3.05, 3.63) is 29.7 Å². The molecule has 176 valence electrons. The van der Waals surface area contributed by atoms with Gasteiger partial charge >= 0.3 is 12.0 Å². The van der Waals surface area contributed by atoms with E-state index in [-0.39, 0.29) is 24.0 Å². The minimum atomic E-state index is -0.828. The van der Waals surface area contributed by atoms with Gasteiger partial charge in [0.25, 0.3) is 0 Å². The number of rotatable bonds is 6. The first-order chi connectivity index (χ1) is 15.9. The molecule has 0 bridgehead atoms. The smallest absolute Gasteiger partial charge is 0.330 e. The number of amides is 2. The van der Waals surface area contributed by atoms with Crippen LogP contribution >= 0.6 is 0 Å². The number of hydrogen-bond donors (Lipinski definition) is 2. The molecular formula is C22H26FN5O5. The average molecular weight is 459 g/mol. The van der Waals surface area contributed by atoms with Crippen LogP contribution in [0.15, 0.2) is 18.3 Å². The summed E-state index contributed by atoms with van der Waals surface area (Å²) >= 11 is 0. The fraction of sp³-hybridized carbons (Fsp3) is 0.455. The molecule has 11 heteroatoms. The van der Waals surface area contributed by atoms with Crippen LogP contribution in [0.25, 0.3) is 0 Å². The Labute approximate surface area is 190 Å². The molecule has 2 aromatic rings. The number of ether oxygens (including phenoxy) is 2. The van der Waals surface area contributed by atoms with Crippen LogP contribution in [0, 0.1) is 11.7 Å². The summed E-state index contributed by atoms with van der Waals surface area (Å²) in [5, 5.41) is 12.2. The fourth-order valence-corrected chi connectivity index (χ4v) is 4.42. The molecule has 0 atom stereocenters. The van der Waals surface area contributed by atoms with Gasteiger partial charge in [-0.05, 0) is 25.7 Å². The van der Waals surface area contributed by atoms with E-state index in [1.807, 2.05) is 0 Å². The van der Waals surface area contributed by atoms with E-state index in [1.165, 1.54) is 31.3 Å². The Balaban J connectivity index is 1.77. The lowest BCUT2D eigenvalue weighted by molar-refractivity contribution is -0.142. The number of carbonyl (C=O) groups is 2. The summed E-state index contributed by atoms with van der Waals surface area (Å²) in [5.41, 5.74) is 0.666. The highest BCUT2D eigenvalue weighted by Gasteiger charge is 2.41. The molecule has 0 unspecified atom stereocenters. The molecule has 0 saturated heterocycles. The normalized spacial score (nSPS) is 20.3. The SMILES string of the molecule is CNc1ncc2c(n1)N(C1CCC(C(=O)O)CC1)C(=O)N(c1cc(OC)cc(OC)c1F)C2. The Morgan fingerprint density at radius 1 is 1.21 bits per heavy atom. The quantitative estimate of drug-likeness (QED) is 0.676. The summed E-state index contributed by atoms with van der Waals surface area (Å²) in [5.74, 6) is -0.841. The summed E-state index contributed by atoms with van der Waals surface area (Å²) in [6, 6.07) is 2.14. The van der Waals surface area contributed by atoms with Gasteiger partial charge in [-0.2, -0.15) is 4.98 Å². The highest BCUT2D eigenvalue weighted by Crippen LogP contribution is 2.40. The standard InChI is InChI=1S/C22H26FN5O5/c1-24-21-25-10-13-11-27(16-8-15(32-2)9-17(33-3)18(16)23)22(31)28(19(13)26-21)14-6-4-12(5-7-14)20(29)30/h8-10,12,14H,4-7,11H2,1-3H3,(H,29,30)(H,24,25,26). The van der Waals surface area contributed by atoms with Crippen molar-refractivity contribution in [2.24, 2.45) is 5.92 Å². The second kappa shape index (κ2) is 9.08. The molecule has 2 aliphatic rings. The fourth-order valence-electron chi connectivity index (χ4n) is 4.42. The molecule has 4 rings (SSSR count). The number of benzene rings is 1. The number of fused-ring (bicyclic) bond motifs is 1. The second-order valence-electron chi connectivity index (χ2n) is 8.04. The summed E-state index contributed by atoms with van der Waals surface area (Å²) in [6.45, 7) is 0.0619. The van der Waals surface area contributed by atoms with Crippen molar-refractivity contribution in [3.8, 4) is 11.5 Å². The van der Waals surface area contributed by atoms with Crippen LogP contribution in [-0.4, -0.2) is 54.4 Å². The number of nitrogens with zero attached hydrogens (tertiary/aromatic N) is 4. The third-order valence-corrected chi connectivity index (χ3v) is 6.21. The minimum absolute atomic E-state index is 0.0174. The number of aliphatic carboxylic acids is 1. The lowest BCUT2D eigenvalue weighted by Crippen LogP contribution is -2.53. The van der Waals surface area contributed by atoms with Crippen molar-refractivity contribution in [3.63, 3.8) is 0 Å². The van der Waals surface area contributed by atoms with E-state index in [4.69, 9.17) is 9.47 Å². The van der Waals surface area contributed by atoms with Crippen LogP contribution in [0.4, 0.5) is 26.6 Å². The van der Waals surface area contributed by atoms with Gasteiger partial charge in [0.2, 0.25) is 5.95 Å². The second-order valence-corrected chi connectivity index (χ2v) is 8.04. The molecule has 1 aliphatic carbocycles. The Morgan fingerprint density at radius 2 is 1.94 bits per heavy atom. The average Bonchev–Trinajstić information content (AvgIpc) is 2.83. The maximum atomic E-state index is 15.3. The number of nitrogens with one attached hydrogen (secondary N) is 1. The molecule has 0 radical (unpaired) electrons. The molecule has 10 nitrogen and oxygen atoms in total. The number of carboxylic acids is 1. The van der Waals surface area contributed by atoms with Crippen LogP contribution in [0.5, 0.6) is 11.5 Å². The van der Waals surface area contributed by atoms with Crippen molar-refractivity contribution in [1.29, 1.82) is 0 Å². The molecule has 1 saturated carbocycles. The van der Waals surface area contributed by atoms with E-state index in [2.05, 4.69) is 15.3 Å². The van der Waals surface area contributed by atoms with Gasteiger partial charge < -0.3 is 19.9 Å². The predicted molar refractivity (Wildman–Crippen MR) is 119 cm³/mol. The Hall–Kier alpha value is -3.63. The Kier molecular flexibility index (Phi) is 6.21. The van der Waals surface area contributed by atoms with Gasteiger partial charge in [-0.1, -0.05) is 0 Å². The molecule has 2 amide bonds. The van der Waals surface area contributed by atoms with E-state index < -0.39 is 23.7 Å². The topological polar surface area (TPSA) is 117 Å². The number of methoxy groups -OCH3 is 2. The van der Waals surface area contributed by atoms with Crippen LogP contribution in [-0.2, 0) is 11.3 Å². The van der Waals surface area contributed by atoms with Crippen molar-refractivity contribution in [2.45, 2.75) is 38.3 Å². The highest BCUT2D eigenvalue weighted by atomic mass is 19.1. The first kappa shape index (κ1) is 22.6. The van der Waals surface area contributed by atoms with E-state index in [0.29, 0.717) is 48.8 Å². The summed E-state index contributed by atoms with van der Waals surface area (Å²) in [7, 11) is 4.47. The van der Waals surface area contributed by atoms with E-state index in [1.54, 1.807) is 18.1 Å². The third-order valence-electron chi connectivity index (χ3n) is 6.21. The van der Waals surface area contributed by atoms with Gasteiger partial charge in [-0.15, -0.1) is 0 Å². The van der Waals surface area contributed by atoms with Gasteiger partial charge in [-0.3, -0.25) is 14.6 Å². The lowest BCUT2D eigenvalue weighted by atomic mass is 9.85. The molecular weight excluding hydrogens is 433 g/mol. The van der Waals surface area contributed by atoms with E-state index in [0.717, 1.165) is 0 Å². The van der Waals surface area contributed by atoms with Gasteiger partial charge in [0, 0.05) is 37.0 Å². The number of halogens is 1. The van der Waals surface area contributed by atoms with Crippen molar-refractivity contribution < 1.29 is 28.6 Å². The molecule has 33 heavy (non-hydrogen) atoms. The zero-order valence-electron chi connectivity index (χ0n) is 18.7. The minimum Gasteiger partial charge on any atom is -0.497 e. The maximum Gasteiger partial charge on any atom is 0.330 e. The van der Waals surface area contributed by atoms with Crippen molar-refractivity contribution >= 4 is 29.5 Å². The zero-order chi connectivity index (χ0) is 23.7. The van der Waals surface area contributed by atoms with Crippen LogP contribution < -0.4 is 24.6 Å². The number of urea groups is 1. The number of aromatic nitrogens is 2. The van der Waals surface area contributed by atoms with Gasteiger partial charge in [0.15, 0.2) is 11.6 Å². The molecule has 1 fully saturated rings. The van der Waals surface area contributed by atoms with Crippen molar-refractivity contribution in [2.75, 3.05) is 36.4 Å². The molecule has 1 aromatic carbocycles. The molecule has 1 aliphatic heterocycles. The number of anilines is 3. The third kappa shape index (κ3) is 4.10. The molecule has 2 N–H and O–H groups in total. The predicted octanol–water partition coefficient (Wildman–Crippen LogP) is 3.26. The Bertz CT molecular complexity index is 1070. The van der Waals surface area contributed by atoms with E-state index in [9.17, 15) is 14.7 Å². The molecule has 0 spiro atoms. The first-order valence-corrected chi connectivity index (χ1v) is 10.7. The van der Waals surface area contributed by atoms with Crippen LogP contribution in [0.2, 0.25) is 0 Å². The zero-order valence-corrected chi connectivity index (χ0v) is 18.7. The summed E-state index contributed by atoms with van der Waals surface area (Å²) < 4.78 is 25.7. The Morgan fingerprint density at radius 3 is 2.55 bits per heavy atom.